The number of nitrogens with zero attached hydrogens (tertiary/aromatic N) is 3. The minimum Gasteiger partial charge on any atom is -0.324 e. The maximum absolute atomic E-state index is 11.8. The molecule has 0 aliphatic rings. The van der Waals surface area contributed by atoms with Crippen molar-refractivity contribution in [2.24, 2.45) is 5.73 Å². The molecular weight excluding hydrogens is 274 g/mol. The number of hydrogen-bond donors (Lipinski definition) is 2. The van der Waals surface area contributed by atoms with E-state index in [9.17, 15) is 4.79 Å². The van der Waals surface area contributed by atoms with Gasteiger partial charge in [0.25, 0.3) is 5.56 Å². The third kappa shape index (κ3) is 2.73. The van der Waals surface area contributed by atoms with Gasteiger partial charge in [0.1, 0.15) is 16.9 Å². The van der Waals surface area contributed by atoms with E-state index < -0.39 is 0 Å². The van der Waals surface area contributed by atoms with Gasteiger partial charge in [0.2, 0.25) is 0 Å². The van der Waals surface area contributed by atoms with Gasteiger partial charge in [-0.1, -0.05) is 13.8 Å². The summed E-state index contributed by atoms with van der Waals surface area (Å²) in [7, 11) is 0. The molecule has 0 fully saturated rings. The van der Waals surface area contributed by atoms with E-state index >= 15 is 0 Å². The Morgan fingerprint density at radius 1 is 1.40 bits per heavy atom. The van der Waals surface area contributed by atoms with E-state index in [0.29, 0.717) is 16.0 Å². The van der Waals surface area contributed by atoms with E-state index in [0.717, 1.165) is 10.6 Å². The molecule has 0 atom stereocenters. The summed E-state index contributed by atoms with van der Waals surface area (Å²) >= 11 is 1.36. The zero-order valence-corrected chi connectivity index (χ0v) is 12.1. The molecule has 104 valence electrons. The first-order valence-corrected chi connectivity index (χ1v) is 7.09. The van der Waals surface area contributed by atoms with Crippen LogP contribution in [0.4, 0.5) is 0 Å². The zero-order chi connectivity index (χ0) is 14.5. The van der Waals surface area contributed by atoms with Gasteiger partial charge < -0.3 is 10.7 Å². The van der Waals surface area contributed by atoms with Crippen molar-refractivity contribution in [1.29, 1.82) is 0 Å². The molecule has 20 heavy (non-hydrogen) atoms. The Kier molecular flexibility index (Phi) is 4.54. The minimum absolute atomic E-state index is 0.161. The molecule has 7 heteroatoms. The largest absolute Gasteiger partial charge is 0.324 e. The number of H-pyrrole nitrogens is 1. The molecule has 0 unspecified atom stereocenters. The number of nitrogens with one attached hydrogen (secondary N) is 1. The fraction of sp³-hybridized carbons (Fsp3) is 0.231. The summed E-state index contributed by atoms with van der Waals surface area (Å²) in [5, 5.41) is 0. The monoisotopic (exact) mass is 289 g/mol. The molecule has 0 saturated heterocycles. The van der Waals surface area contributed by atoms with Crippen LogP contribution in [-0.2, 0) is 6.54 Å². The first-order chi connectivity index (χ1) is 9.78. The van der Waals surface area contributed by atoms with Gasteiger partial charge in [-0.25, -0.2) is 15.0 Å². The first kappa shape index (κ1) is 14.3. The summed E-state index contributed by atoms with van der Waals surface area (Å²) in [4.78, 5) is 27.7. The van der Waals surface area contributed by atoms with Crippen LogP contribution in [0.5, 0.6) is 0 Å². The van der Waals surface area contributed by atoms with Crippen LogP contribution in [0.3, 0.4) is 0 Å². The second kappa shape index (κ2) is 6.36. The lowest BCUT2D eigenvalue weighted by Crippen LogP contribution is -2.12. The van der Waals surface area contributed by atoms with E-state index in [-0.39, 0.29) is 12.1 Å². The third-order valence-electron chi connectivity index (χ3n) is 2.46. The fourth-order valence-electron chi connectivity index (χ4n) is 1.65. The number of aromatic amines is 1. The predicted octanol–water partition coefficient (Wildman–Crippen LogP) is 1.93. The Balaban J connectivity index is 0.000000704. The topological polar surface area (TPSA) is 97.5 Å². The van der Waals surface area contributed by atoms with Gasteiger partial charge in [0, 0.05) is 6.20 Å². The average molecular weight is 289 g/mol. The molecule has 3 aromatic heterocycles. The average Bonchev–Trinajstić information content (AvgIpc) is 2.95. The second-order valence-electron chi connectivity index (χ2n) is 3.64. The Bertz CT molecular complexity index is 750. The molecule has 6 nitrogen and oxygen atoms in total. The SMILES string of the molecule is CC.NCc1nc2cc(-c3ccncn3)sc2c(=O)[nH]1. The van der Waals surface area contributed by atoms with E-state index in [4.69, 9.17) is 5.73 Å². The molecule has 0 saturated carbocycles. The molecule has 0 aliphatic carbocycles. The van der Waals surface area contributed by atoms with E-state index in [1.165, 1.54) is 17.7 Å². The second-order valence-corrected chi connectivity index (χ2v) is 4.69. The molecule has 3 aromatic rings. The first-order valence-electron chi connectivity index (χ1n) is 6.27. The number of aromatic nitrogens is 4. The van der Waals surface area contributed by atoms with Crippen molar-refractivity contribution in [2.45, 2.75) is 20.4 Å². The molecule has 0 aromatic carbocycles. The van der Waals surface area contributed by atoms with Crippen molar-refractivity contribution in [2.75, 3.05) is 0 Å². The zero-order valence-electron chi connectivity index (χ0n) is 11.3. The molecule has 3 heterocycles. The van der Waals surface area contributed by atoms with Crippen molar-refractivity contribution in [3.63, 3.8) is 0 Å². The fourth-order valence-corrected chi connectivity index (χ4v) is 2.62. The van der Waals surface area contributed by atoms with Crippen LogP contribution >= 0.6 is 11.3 Å². The van der Waals surface area contributed by atoms with Crippen molar-refractivity contribution >= 4 is 21.6 Å². The Morgan fingerprint density at radius 2 is 2.20 bits per heavy atom. The van der Waals surface area contributed by atoms with Crippen LogP contribution in [-0.4, -0.2) is 19.9 Å². The van der Waals surface area contributed by atoms with Gasteiger partial charge in [-0.05, 0) is 12.1 Å². The lowest BCUT2D eigenvalue weighted by molar-refractivity contribution is 0.915. The summed E-state index contributed by atoms with van der Waals surface area (Å²) in [6.07, 6.45) is 3.14. The summed E-state index contributed by atoms with van der Waals surface area (Å²) < 4.78 is 0.584. The number of rotatable bonds is 2. The highest BCUT2D eigenvalue weighted by molar-refractivity contribution is 7.22. The summed E-state index contributed by atoms with van der Waals surface area (Å²) in [6.45, 7) is 4.21. The molecule has 0 radical (unpaired) electrons. The number of hydrogen-bond acceptors (Lipinski definition) is 6. The number of nitrogens with two attached hydrogens (primary N) is 1. The normalized spacial score (nSPS) is 10.2. The van der Waals surface area contributed by atoms with Crippen molar-refractivity contribution in [3.8, 4) is 10.6 Å². The van der Waals surface area contributed by atoms with Crippen LogP contribution in [0.1, 0.15) is 19.7 Å². The summed E-state index contributed by atoms with van der Waals surface area (Å²) in [5.41, 5.74) is 6.75. The van der Waals surface area contributed by atoms with Crippen LogP contribution in [0, 0.1) is 0 Å². The maximum Gasteiger partial charge on any atom is 0.268 e. The molecule has 0 spiro atoms. The van der Waals surface area contributed by atoms with Crippen LogP contribution in [0.25, 0.3) is 20.8 Å². The highest BCUT2D eigenvalue weighted by atomic mass is 32.1. The molecule has 0 aliphatic heterocycles. The Labute approximate surface area is 119 Å². The van der Waals surface area contributed by atoms with Gasteiger partial charge in [-0.3, -0.25) is 4.79 Å². The molecular formula is C13H15N5OS. The molecule has 0 bridgehead atoms. The molecule has 3 N–H and O–H groups in total. The Hall–Kier alpha value is -2.12. The minimum atomic E-state index is -0.161. The van der Waals surface area contributed by atoms with Gasteiger partial charge in [-0.15, -0.1) is 11.3 Å². The third-order valence-corrected chi connectivity index (χ3v) is 3.61. The highest BCUT2D eigenvalue weighted by Crippen LogP contribution is 2.28. The van der Waals surface area contributed by atoms with Gasteiger partial charge in [-0.2, -0.15) is 0 Å². The lowest BCUT2D eigenvalue weighted by Gasteiger charge is -1.94. The highest BCUT2D eigenvalue weighted by Gasteiger charge is 2.10. The quantitative estimate of drug-likeness (QED) is 0.751. The Morgan fingerprint density at radius 3 is 2.85 bits per heavy atom. The van der Waals surface area contributed by atoms with Gasteiger partial charge in [0.05, 0.1) is 22.6 Å². The predicted molar refractivity (Wildman–Crippen MR) is 80.5 cm³/mol. The summed E-state index contributed by atoms with van der Waals surface area (Å²) in [6, 6.07) is 3.64. The van der Waals surface area contributed by atoms with Crippen LogP contribution in [0.2, 0.25) is 0 Å². The van der Waals surface area contributed by atoms with Crippen LogP contribution < -0.4 is 11.3 Å². The number of fused-ring (bicyclic) bond motifs is 1. The van der Waals surface area contributed by atoms with Gasteiger partial charge >= 0.3 is 0 Å². The maximum atomic E-state index is 11.8. The number of thiophene rings is 1. The smallest absolute Gasteiger partial charge is 0.268 e. The van der Waals surface area contributed by atoms with E-state index in [1.807, 2.05) is 19.9 Å². The van der Waals surface area contributed by atoms with E-state index in [2.05, 4.69) is 19.9 Å². The van der Waals surface area contributed by atoms with Crippen molar-refractivity contribution < 1.29 is 0 Å². The summed E-state index contributed by atoms with van der Waals surface area (Å²) in [5.74, 6) is 0.486. The molecule has 3 rings (SSSR count). The van der Waals surface area contributed by atoms with Crippen molar-refractivity contribution in [1.82, 2.24) is 19.9 Å². The standard InChI is InChI=1S/C11H9N5OS.C2H6/c12-4-9-15-7-3-8(6-1-2-13-5-14-6)18-10(7)11(17)16-9;1-2/h1-3,5H,4,12H2,(H,15,16,17);1-2H3. The lowest BCUT2D eigenvalue weighted by atomic mass is 10.3. The van der Waals surface area contributed by atoms with E-state index in [1.54, 1.807) is 12.3 Å². The molecule has 0 amide bonds. The van der Waals surface area contributed by atoms with Crippen LogP contribution in [0.15, 0.2) is 29.5 Å². The van der Waals surface area contributed by atoms with Gasteiger partial charge in [0.15, 0.2) is 0 Å². The van der Waals surface area contributed by atoms with Crippen molar-refractivity contribution in [3.05, 3.63) is 40.8 Å².